The molecule has 0 rings (SSSR count). The predicted molar refractivity (Wildman–Crippen MR) is 102 cm³/mol. The summed E-state index contributed by atoms with van der Waals surface area (Å²) in [6.07, 6.45) is 9.26. The van der Waals surface area contributed by atoms with E-state index in [1.54, 1.807) is 6.08 Å². The summed E-state index contributed by atoms with van der Waals surface area (Å²) in [4.78, 5) is 18.5. The fraction of sp³-hybridized carbons (Fsp3) is 0.647. The number of aliphatic hydroxyl groups is 1. The van der Waals surface area contributed by atoms with Gasteiger partial charge in [-0.3, -0.25) is 4.57 Å². The first-order valence-electron chi connectivity index (χ1n) is 8.21. The molecule has 0 aliphatic carbocycles. The van der Waals surface area contributed by atoms with Crippen LogP contribution in [0.15, 0.2) is 34.9 Å². The van der Waals surface area contributed by atoms with E-state index in [2.05, 4.69) is 32.9 Å². The summed E-state index contributed by atoms with van der Waals surface area (Å²) in [5.74, 6) is 0. The van der Waals surface area contributed by atoms with E-state index >= 15 is 0 Å². The molecule has 7 heteroatoms. The third-order valence-corrected chi connectivity index (χ3v) is 7.93. The van der Waals surface area contributed by atoms with Crippen LogP contribution in [-0.2, 0) is 9.13 Å². The maximum absolute atomic E-state index is 11.6. The maximum atomic E-state index is 11.6. The van der Waals surface area contributed by atoms with Crippen molar-refractivity contribution < 1.29 is 24.0 Å². The summed E-state index contributed by atoms with van der Waals surface area (Å²) in [5.41, 5.74) is 3.66. The van der Waals surface area contributed by atoms with E-state index in [1.165, 1.54) is 11.1 Å². The van der Waals surface area contributed by atoms with Crippen LogP contribution in [0, 0.1) is 0 Å². The summed E-state index contributed by atoms with van der Waals surface area (Å²) >= 11 is 0. The van der Waals surface area contributed by atoms with Crippen LogP contribution in [0.3, 0.4) is 0 Å². The van der Waals surface area contributed by atoms with Crippen molar-refractivity contribution >= 4 is 15.4 Å². The zero-order valence-electron chi connectivity index (χ0n) is 15.2. The van der Waals surface area contributed by atoms with Crippen molar-refractivity contribution in [2.45, 2.75) is 65.2 Å². The molecule has 2 atom stereocenters. The Labute approximate surface area is 146 Å². The van der Waals surface area contributed by atoms with Crippen LogP contribution in [0.2, 0.25) is 0 Å². The lowest BCUT2D eigenvalue weighted by Gasteiger charge is -2.15. The molecule has 0 aromatic carbocycles. The molecule has 0 saturated carbocycles. The minimum atomic E-state index is -4.46. The first-order valence-corrected chi connectivity index (χ1v) is 11.6. The Morgan fingerprint density at radius 2 is 1.50 bits per heavy atom. The zero-order chi connectivity index (χ0) is 18.8. The minimum Gasteiger partial charge on any atom is -0.389 e. The van der Waals surface area contributed by atoms with Crippen molar-refractivity contribution in [2.75, 3.05) is 6.35 Å². The van der Waals surface area contributed by atoms with Gasteiger partial charge in [-0.2, -0.15) is 0 Å². The average molecular weight is 378 g/mol. The summed E-state index contributed by atoms with van der Waals surface area (Å²) in [5, 5.41) is 7.64. The Kier molecular flexibility index (Phi) is 11.8. The van der Waals surface area contributed by atoms with Gasteiger partial charge in [-0.1, -0.05) is 34.9 Å². The first kappa shape index (κ1) is 23.6. The van der Waals surface area contributed by atoms with Crippen LogP contribution >= 0.6 is 15.4 Å². The molecule has 0 aliphatic heterocycles. The smallest absolute Gasteiger partial charge is 0.336 e. The van der Waals surface area contributed by atoms with Crippen LogP contribution in [0.4, 0.5) is 0 Å². The van der Waals surface area contributed by atoms with Crippen molar-refractivity contribution in [3.63, 3.8) is 0 Å². The molecule has 24 heavy (non-hydrogen) atoms. The quantitative estimate of drug-likeness (QED) is 0.354. The van der Waals surface area contributed by atoms with Gasteiger partial charge in [-0.15, -0.1) is 0 Å². The molecule has 0 saturated heterocycles. The fourth-order valence-corrected chi connectivity index (χ4v) is 4.93. The van der Waals surface area contributed by atoms with E-state index in [0.717, 1.165) is 31.3 Å². The Balaban J connectivity index is 4.47. The van der Waals surface area contributed by atoms with Gasteiger partial charge in [0.15, 0.2) is 0 Å². The molecule has 0 aromatic heterocycles. The summed E-state index contributed by atoms with van der Waals surface area (Å²) in [6, 6.07) is 0. The van der Waals surface area contributed by atoms with E-state index in [1.807, 2.05) is 6.92 Å². The largest absolute Gasteiger partial charge is 0.389 e. The van der Waals surface area contributed by atoms with Gasteiger partial charge in [0.25, 0.3) is 0 Å². The Morgan fingerprint density at radius 1 is 1.00 bits per heavy atom. The highest BCUT2D eigenvalue weighted by Gasteiger charge is 2.32. The molecule has 2 unspecified atom stereocenters. The lowest BCUT2D eigenvalue weighted by atomic mass is 10.1. The van der Waals surface area contributed by atoms with Gasteiger partial charge in [0.05, 0.1) is 6.35 Å². The third kappa shape index (κ3) is 11.2. The van der Waals surface area contributed by atoms with Crippen molar-refractivity contribution in [1.29, 1.82) is 0 Å². The van der Waals surface area contributed by atoms with Gasteiger partial charge < -0.3 is 19.5 Å². The number of allylic oxidation sites excluding steroid dienone is 6. The lowest BCUT2D eigenvalue weighted by molar-refractivity contribution is 0.352. The summed E-state index contributed by atoms with van der Waals surface area (Å²) in [6.45, 7) is 8.18. The van der Waals surface area contributed by atoms with E-state index in [4.69, 9.17) is 5.11 Å². The summed E-state index contributed by atoms with van der Waals surface area (Å²) < 4.78 is 23.0. The molecule has 0 heterocycles. The molecule has 0 aromatic rings. The summed E-state index contributed by atoms with van der Waals surface area (Å²) in [7, 11) is -7.15. The van der Waals surface area contributed by atoms with Crippen molar-refractivity contribution in [1.82, 2.24) is 0 Å². The molecular weight excluding hydrogens is 346 g/mol. The monoisotopic (exact) mass is 378 g/mol. The molecule has 3 N–H and O–H groups in total. The van der Waals surface area contributed by atoms with Gasteiger partial charge in [0.2, 0.25) is 0 Å². The van der Waals surface area contributed by atoms with Gasteiger partial charge in [-0.25, -0.2) is 0 Å². The van der Waals surface area contributed by atoms with Crippen molar-refractivity contribution in [3.8, 4) is 0 Å². The first-order chi connectivity index (χ1) is 11.1. The number of hydrogen-bond acceptors (Lipinski definition) is 3. The molecule has 140 valence electrons. The van der Waals surface area contributed by atoms with Crippen LogP contribution in [0.5, 0.6) is 0 Å². The number of rotatable bonds is 11. The van der Waals surface area contributed by atoms with Gasteiger partial charge >= 0.3 is 7.60 Å². The van der Waals surface area contributed by atoms with Crippen LogP contribution < -0.4 is 0 Å². The van der Waals surface area contributed by atoms with Gasteiger partial charge in [-0.05, 0) is 59.8 Å². The van der Waals surface area contributed by atoms with Crippen LogP contribution in [0.25, 0.3) is 0 Å². The molecule has 5 nitrogen and oxygen atoms in total. The maximum Gasteiger partial charge on any atom is 0.336 e. The lowest BCUT2D eigenvalue weighted by Crippen LogP contribution is -2.04. The molecule has 0 amide bonds. The van der Waals surface area contributed by atoms with Crippen molar-refractivity contribution in [2.24, 2.45) is 0 Å². The molecule has 0 bridgehead atoms. The molecule has 0 aliphatic rings. The van der Waals surface area contributed by atoms with E-state index in [-0.39, 0.29) is 6.42 Å². The predicted octanol–water partition coefficient (Wildman–Crippen LogP) is 4.81. The molecule has 0 radical (unpaired) electrons. The van der Waals surface area contributed by atoms with Crippen LogP contribution in [-0.4, -0.2) is 26.6 Å². The minimum absolute atomic E-state index is 0.0394. The average Bonchev–Trinajstić information content (AvgIpc) is 2.45. The Bertz CT molecular complexity index is 539. The van der Waals surface area contributed by atoms with Gasteiger partial charge in [0.1, 0.15) is 13.2 Å². The van der Waals surface area contributed by atoms with Crippen LogP contribution in [0.1, 0.15) is 59.8 Å². The zero-order valence-corrected chi connectivity index (χ0v) is 17.1. The number of aliphatic hydroxyl groups excluding tert-OH is 1. The van der Waals surface area contributed by atoms with Crippen molar-refractivity contribution in [3.05, 3.63) is 34.9 Å². The second kappa shape index (κ2) is 12.0. The van der Waals surface area contributed by atoms with Gasteiger partial charge in [0, 0.05) is 0 Å². The highest BCUT2D eigenvalue weighted by Crippen LogP contribution is 2.54. The second-order valence-electron chi connectivity index (χ2n) is 6.42. The second-order valence-corrected chi connectivity index (χ2v) is 10.7. The SMILES string of the molecule is CC(C)=CCC/C(C)=C/CC/C(C)=C/CC([PH](=O)CO)P(=O)(O)O. The molecule has 0 spiro atoms. The highest BCUT2D eigenvalue weighted by atomic mass is 31.2. The third-order valence-electron chi connectivity index (χ3n) is 3.75. The van der Waals surface area contributed by atoms with E-state index in [9.17, 15) is 18.9 Å². The Hall–Kier alpha value is -0.440. The fourth-order valence-electron chi connectivity index (χ4n) is 2.21. The molecular formula is C17H32O5P2. The van der Waals surface area contributed by atoms with E-state index < -0.39 is 27.1 Å². The standard InChI is InChI=1S/C17H32O5P2/c1-14(2)7-5-8-15(3)9-6-10-16(4)11-12-17(23(19)13-18)24(20,21)22/h7,9,11,17-18,23H,5-6,8,10,12-13H2,1-4H3,(H2,20,21,22)/b15-9+,16-11+. The number of hydrogen-bond donors (Lipinski definition) is 3. The normalized spacial score (nSPS) is 16.0. The molecule has 0 fully saturated rings. The topological polar surface area (TPSA) is 94.8 Å². The Morgan fingerprint density at radius 3 is 1.96 bits per heavy atom. The van der Waals surface area contributed by atoms with E-state index in [0.29, 0.717) is 0 Å². The highest BCUT2D eigenvalue weighted by molar-refractivity contribution is 7.67.